The van der Waals surface area contributed by atoms with Gasteiger partial charge in [-0.2, -0.15) is 0 Å². The second-order valence-electron chi connectivity index (χ2n) is 18.7. The first-order chi connectivity index (χ1) is 30.0. The van der Waals surface area contributed by atoms with Gasteiger partial charge in [0.2, 0.25) is 0 Å². The van der Waals surface area contributed by atoms with E-state index in [-0.39, 0.29) is 10.8 Å². The van der Waals surface area contributed by atoms with E-state index in [0.717, 1.165) is 88.2 Å². The summed E-state index contributed by atoms with van der Waals surface area (Å²) in [6.45, 7) is 13.7. The fraction of sp³-hybridized carbons (Fsp3) is 0.138. The lowest BCUT2D eigenvalue weighted by Crippen LogP contribution is -2.19. The van der Waals surface area contributed by atoms with Gasteiger partial charge in [0, 0.05) is 55.7 Å². The molecule has 0 amide bonds. The maximum absolute atomic E-state index is 6.71. The number of nitrogens with zero attached hydrogens (tertiary/aromatic N) is 2. The minimum Gasteiger partial charge on any atom is -0.456 e. The van der Waals surface area contributed by atoms with Gasteiger partial charge >= 0.3 is 0 Å². The highest BCUT2D eigenvalue weighted by Gasteiger charge is 2.26. The van der Waals surface area contributed by atoms with Gasteiger partial charge in [-0.05, 0) is 141 Å². The van der Waals surface area contributed by atoms with Crippen LogP contribution in [0.15, 0.2) is 191 Å². The summed E-state index contributed by atoms with van der Waals surface area (Å²) in [6.07, 6.45) is 0. The maximum Gasteiger partial charge on any atom is 0.136 e. The van der Waals surface area contributed by atoms with Gasteiger partial charge in [0.15, 0.2) is 0 Å². The van der Waals surface area contributed by atoms with E-state index < -0.39 is 0 Å². The first-order valence-electron chi connectivity index (χ1n) is 21.6. The monoisotopic (exact) mass is 804 g/mol. The summed E-state index contributed by atoms with van der Waals surface area (Å²) in [5.41, 5.74) is 12.7. The van der Waals surface area contributed by atoms with Crippen molar-refractivity contribution in [2.24, 2.45) is 0 Å². The zero-order valence-electron chi connectivity index (χ0n) is 36.0. The van der Waals surface area contributed by atoms with Crippen molar-refractivity contribution in [2.45, 2.75) is 52.4 Å². The Kier molecular flexibility index (Phi) is 8.59. The van der Waals surface area contributed by atoms with Crippen molar-refractivity contribution in [3.05, 3.63) is 193 Å². The van der Waals surface area contributed by atoms with Crippen molar-refractivity contribution in [1.82, 2.24) is 0 Å². The highest BCUT2D eigenvalue weighted by atomic mass is 16.3. The predicted octanol–water partition coefficient (Wildman–Crippen LogP) is 17.3. The number of rotatable bonds is 6. The lowest BCUT2D eigenvalue weighted by atomic mass is 9.85. The molecule has 0 saturated heterocycles. The maximum atomic E-state index is 6.71. The first kappa shape index (κ1) is 37.7. The highest BCUT2D eigenvalue weighted by molar-refractivity contribution is 6.28. The third kappa shape index (κ3) is 6.29. The summed E-state index contributed by atoms with van der Waals surface area (Å²) in [5, 5.41) is 8.87. The lowest BCUT2D eigenvalue weighted by molar-refractivity contribution is 0.590. The molecule has 0 N–H and O–H groups in total. The third-order valence-corrected chi connectivity index (χ3v) is 12.4. The van der Waals surface area contributed by atoms with E-state index in [1.165, 1.54) is 22.5 Å². The molecular weight excluding hydrogens is 757 g/mol. The normalized spacial score (nSPS) is 12.4. The molecule has 2 heterocycles. The number of hydrogen-bond donors (Lipinski definition) is 0. The van der Waals surface area contributed by atoms with Crippen LogP contribution in [0.25, 0.3) is 65.4 Å². The van der Waals surface area contributed by atoms with Crippen molar-refractivity contribution >= 4 is 99.5 Å². The minimum absolute atomic E-state index is 0.0405. The average molecular weight is 805 g/mol. The molecular formula is C58H48N2O2. The molecule has 0 aliphatic heterocycles. The van der Waals surface area contributed by atoms with E-state index >= 15 is 0 Å². The molecule has 0 aliphatic rings. The summed E-state index contributed by atoms with van der Waals surface area (Å²) in [4.78, 5) is 4.75. The van der Waals surface area contributed by atoms with Crippen molar-refractivity contribution < 1.29 is 8.83 Å². The Morgan fingerprint density at radius 3 is 1.11 bits per heavy atom. The highest BCUT2D eigenvalue weighted by Crippen LogP contribution is 2.46. The molecule has 0 spiro atoms. The third-order valence-electron chi connectivity index (χ3n) is 12.4. The van der Waals surface area contributed by atoms with Crippen LogP contribution in [0.4, 0.5) is 34.1 Å². The number of para-hydroxylation sites is 4. The Bertz CT molecular complexity index is 3260. The molecule has 4 nitrogen and oxygen atoms in total. The molecule has 4 heteroatoms. The van der Waals surface area contributed by atoms with Crippen molar-refractivity contribution in [2.75, 3.05) is 9.80 Å². The Morgan fingerprint density at radius 2 is 0.710 bits per heavy atom. The van der Waals surface area contributed by atoms with Crippen LogP contribution in [0.3, 0.4) is 0 Å². The zero-order valence-corrected chi connectivity index (χ0v) is 36.0. The molecule has 0 bridgehead atoms. The fourth-order valence-corrected chi connectivity index (χ4v) is 9.49. The average Bonchev–Trinajstić information content (AvgIpc) is 3.82. The van der Waals surface area contributed by atoms with E-state index in [1.807, 2.05) is 0 Å². The van der Waals surface area contributed by atoms with Crippen LogP contribution in [0, 0.1) is 0 Å². The van der Waals surface area contributed by atoms with Gasteiger partial charge in [0.05, 0.1) is 0 Å². The molecule has 0 aliphatic carbocycles. The topological polar surface area (TPSA) is 32.8 Å². The van der Waals surface area contributed by atoms with Gasteiger partial charge < -0.3 is 18.6 Å². The molecule has 2 aromatic heterocycles. The summed E-state index contributed by atoms with van der Waals surface area (Å²) in [6, 6.07) is 65.4. The molecule has 0 fully saturated rings. The van der Waals surface area contributed by atoms with Crippen molar-refractivity contribution in [3.63, 3.8) is 0 Å². The van der Waals surface area contributed by atoms with Crippen LogP contribution in [0.2, 0.25) is 0 Å². The SMILES string of the molecule is CC(C)(C)c1ccccc1N(c1ccccc1)c1ccc2cc3c(cc2c1)oc1ccc2oc4cc5cc(N(c6ccccc6)c6ccccc6C(C)(C)C)ccc5cc4c2c13. The number of anilines is 6. The number of benzene rings is 9. The summed E-state index contributed by atoms with van der Waals surface area (Å²) in [5.74, 6) is 0. The van der Waals surface area contributed by atoms with E-state index in [0.29, 0.717) is 0 Å². The largest absolute Gasteiger partial charge is 0.456 e. The molecule has 0 unspecified atom stereocenters. The Balaban J connectivity index is 1.05. The van der Waals surface area contributed by atoms with Crippen LogP contribution in [-0.2, 0) is 10.8 Å². The molecule has 0 saturated carbocycles. The molecule has 9 aromatic carbocycles. The lowest BCUT2D eigenvalue weighted by Gasteiger charge is -2.32. The Morgan fingerprint density at radius 1 is 0.323 bits per heavy atom. The number of hydrogen-bond acceptors (Lipinski definition) is 4. The van der Waals surface area contributed by atoms with Gasteiger partial charge in [0.25, 0.3) is 0 Å². The quantitative estimate of drug-likeness (QED) is 0.168. The molecule has 0 atom stereocenters. The zero-order chi connectivity index (χ0) is 42.3. The van der Waals surface area contributed by atoms with Crippen LogP contribution >= 0.6 is 0 Å². The first-order valence-corrected chi connectivity index (χ1v) is 21.6. The summed E-state index contributed by atoms with van der Waals surface area (Å²) >= 11 is 0. The predicted molar refractivity (Wildman–Crippen MR) is 263 cm³/mol. The number of fused-ring (bicyclic) bond motifs is 9. The molecule has 11 aromatic rings. The van der Waals surface area contributed by atoms with Gasteiger partial charge in [-0.25, -0.2) is 0 Å². The van der Waals surface area contributed by atoms with Gasteiger partial charge in [0.1, 0.15) is 22.3 Å². The van der Waals surface area contributed by atoms with Gasteiger partial charge in [-0.3, -0.25) is 0 Å². The molecule has 302 valence electrons. The Labute approximate surface area is 362 Å². The Hall–Kier alpha value is -7.30. The molecule has 0 radical (unpaired) electrons. The van der Waals surface area contributed by atoms with Crippen molar-refractivity contribution in [3.8, 4) is 0 Å². The second-order valence-corrected chi connectivity index (χ2v) is 18.7. The van der Waals surface area contributed by atoms with Gasteiger partial charge in [-0.1, -0.05) is 126 Å². The summed E-state index contributed by atoms with van der Waals surface area (Å²) < 4.78 is 13.4. The van der Waals surface area contributed by atoms with E-state index in [4.69, 9.17) is 8.83 Å². The van der Waals surface area contributed by atoms with Crippen LogP contribution < -0.4 is 9.80 Å². The van der Waals surface area contributed by atoms with Gasteiger partial charge in [-0.15, -0.1) is 0 Å². The minimum atomic E-state index is -0.0405. The molecule has 11 rings (SSSR count). The second kappa shape index (κ2) is 14.1. The molecule has 62 heavy (non-hydrogen) atoms. The standard InChI is InChI=1S/C58H48N2O2/c1-57(2,3)47-21-13-15-23-49(47)59(41-17-9-7-10-18-41)43-27-25-37-33-45-53(35-39(37)31-43)61-51-29-30-52-56(55(45)51)46-34-38-26-28-44(32-40(38)36-54(46)62-52)60(42-19-11-8-12-20-42)50-24-16-14-22-48(50)58(4,5)6/h7-36H,1-6H3. The van der Waals surface area contributed by atoms with Crippen LogP contribution in [0.5, 0.6) is 0 Å². The van der Waals surface area contributed by atoms with E-state index in [1.54, 1.807) is 0 Å². The fourth-order valence-electron chi connectivity index (χ4n) is 9.49. The van der Waals surface area contributed by atoms with E-state index in [9.17, 15) is 0 Å². The van der Waals surface area contributed by atoms with Crippen molar-refractivity contribution in [1.29, 1.82) is 0 Å². The van der Waals surface area contributed by atoms with Crippen LogP contribution in [0.1, 0.15) is 52.7 Å². The smallest absolute Gasteiger partial charge is 0.136 e. The van der Waals surface area contributed by atoms with E-state index in [2.05, 4.69) is 233 Å². The van der Waals surface area contributed by atoms with Crippen LogP contribution in [-0.4, -0.2) is 0 Å². The number of furan rings is 2. The summed E-state index contributed by atoms with van der Waals surface area (Å²) in [7, 11) is 0.